The highest BCUT2D eigenvalue weighted by Crippen LogP contribution is 2.22. The average Bonchev–Trinajstić information content (AvgIpc) is 2.38. The van der Waals surface area contributed by atoms with Gasteiger partial charge in [0.05, 0.1) is 18.3 Å². The standard InChI is InChI=1S/C13H17N3O/c1-3-10(8-17)14-13-12-7-5-4-6-11(12)9(2)15-16-13/h4-7,10,17H,3,8H2,1-2H3,(H,14,16). The van der Waals surface area contributed by atoms with Gasteiger partial charge >= 0.3 is 0 Å². The SMILES string of the molecule is CCC(CO)Nc1nnc(C)c2ccccc12. The summed E-state index contributed by atoms with van der Waals surface area (Å²) in [6.07, 6.45) is 0.848. The van der Waals surface area contributed by atoms with Crippen molar-refractivity contribution in [3.05, 3.63) is 30.0 Å². The fourth-order valence-corrected chi connectivity index (χ4v) is 1.81. The predicted molar refractivity (Wildman–Crippen MR) is 69.1 cm³/mol. The van der Waals surface area contributed by atoms with Crippen molar-refractivity contribution in [2.24, 2.45) is 0 Å². The average molecular weight is 231 g/mol. The molecule has 90 valence electrons. The molecule has 4 heteroatoms. The predicted octanol–water partition coefficient (Wildman–Crippen LogP) is 2.12. The molecule has 2 N–H and O–H groups in total. The second-order valence-electron chi connectivity index (χ2n) is 4.11. The van der Waals surface area contributed by atoms with Gasteiger partial charge in [0, 0.05) is 10.8 Å². The number of fused-ring (bicyclic) bond motifs is 1. The van der Waals surface area contributed by atoms with Crippen molar-refractivity contribution < 1.29 is 5.11 Å². The Balaban J connectivity index is 2.44. The Morgan fingerprint density at radius 2 is 1.94 bits per heavy atom. The highest BCUT2D eigenvalue weighted by molar-refractivity contribution is 5.92. The Morgan fingerprint density at radius 3 is 2.59 bits per heavy atom. The van der Waals surface area contributed by atoms with E-state index in [2.05, 4.69) is 15.5 Å². The summed E-state index contributed by atoms with van der Waals surface area (Å²) < 4.78 is 0. The van der Waals surface area contributed by atoms with Gasteiger partial charge < -0.3 is 10.4 Å². The molecule has 1 aromatic carbocycles. The van der Waals surface area contributed by atoms with E-state index in [1.165, 1.54) is 0 Å². The first kappa shape index (κ1) is 11.8. The molecule has 1 heterocycles. The number of rotatable bonds is 4. The highest BCUT2D eigenvalue weighted by atomic mass is 16.3. The molecular weight excluding hydrogens is 214 g/mol. The van der Waals surface area contributed by atoms with E-state index in [4.69, 9.17) is 0 Å². The zero-order valence-corrected chi connectivity index (χ0v) is 10.1. The number of aliphatic hydroxyl groups excluding tert-OH is 1. The molecule has 0 amide bonds. The minimum atomic E-state index is 0.0235. The third-order valence-electron chi connectivity index (χ3n) is 2.93. The first-order chi connectivity index (χ1) is 8.26. The third kappa shape index (κ3) is 2.36. The van der Waals surface area contributed by atoms with Crippen LogP contribution in [0.1, 0.15) is 19.0 Å². The molecular formula is C13H17N3O. The molecule has 2 aromatic rings. The molecule has 4 nitrogen and oxygen atoms in total. The molecule has 0 aliphatic carbocycles. The maximum Gasteiger partial charge on any atom is 0.156 e. The molecule has 17 heavy (non-hydrogen) atoms. The Kier molecular flexibility index (Phi) is 3.54. The van der Waals surface area contributed by atoms with Gasteiger partial charge in [-0.3, -0.25) is 0 Å². The zero-order chi connectivity index (χ0) is 12.3. The lowest BCUT2D eigenvalue weighted by Crippen LogP contribution is -2.23. The van der Waals surface area contributed by atoms with Crippen molar-refractivity contribution in [3.63, 3.8) is 0 Å². The van der Waals surface area contributed by atoms with E-state index in [0.717, 1.165) is 28.7 Å². The maximum absolute atomic E-state index is 9.20. The Labute approximate surface area is 101 Å². The molecule has 0 aliphatic rings. The van der Waals surface area contributed by atoms with E-state index >= 15 is 0 Å². The Morgan fingerprint density at radius 1 is 1.24 bits per heavy atom. The van der Waals surface area contributed by atoms with Crippen LogP contribution >= 0.6 is 0 Å². The van der Waals surface area contributed by atoms with Crippen molar-refractivity contribution in [1.29, 1.82) is 0 Å². The second kappa shape index (κ2) is 5.10. The first-order valence-electron chi connectivity index (χ1n) is 5.85. The van der Waals surface area contributed by atoms with E-state index in [-0.39, 0.29) is 12.6 Å². The summed E-state index contributed by atoms with van der Waals surface area (Å²) in [7, 11) is 0. The van der Waals surface area contributed by atoms with Crippen molar-refractivity contribution >= 4 is 16.6 Å². The molecule has 0 spiro atoms. The van der Waals surface area contributed by atoms with Crippen LogP contribution in [0.4, 0.5) is 5.82 Å². The van der Waals surface area contributed by atoms with Crippen LogP contribution in [-0.4, -0.2) is 28.0 Å². The van der Waals surface area contributed by atoms with E-state index in [1.54, 1.807) is 0 Å². The lowest BCUT2D eigenvalue weighted by Gasteiger charge is -2.16. The summed E-state index contributed by atoms with van der Waals surface area (Å²) in [4.78, 5) is 0. The molecule has 0 saturated carbocycles. The van der Waals surface area contributed by atoms with E-state index in [0.29, 0.717) is 0 Å². The van der Waals surface area contributed by atoms with Gasteiger partial charge in [0.2, 0.25) is 0 Å². The fraction of sp³-hybridized carbons (Fsp3) is 0.385. The summed E-state index contributed by atoms with van der Waals surface area (Å²) in [5.41, 5.74) is 0.920. The van der Waals surface area contributed by atoms with Gasteiger partial charge in [-0.2, -0.15) is 5.10 Å². The summed E-state index contributed by atoms with van der Waals surface area (Å²) in [5.74, 6) is 0.743. The number of hydrogen-bond acceptors (Lipinski definition) is 4. The molecule has 1 atom stereocenters. The molecule has 1 unspecified atom stereocenters. The van der Waals surface area contributed by atoms with Crippen LogP contribution in [0.15, 0.2) is 24.3 Å². The van der Waals surface area contributed by atoms with Crippen LogP contribution in [0.25, 0.3) is 10.8 Å². The van der Waals surface area contributed by atoms with Gasteiger partial charge in [-0.25, -0.2) is 0 Å². The van der Waals surface area contributed by atoms with Gasteiger partial charge in [-0.1, -0.05) is 31.2 Å². The molecule has 0 bridgehead atoms. The number of aryl methyl sites for hydroxylation is 1. The number of nitrogens with zero attached hydrogens (tertiary/aromatic N) is 2. The molecule has 0 saturated heterocycles. The monoisotopic (exact) mass is 231 g/mol. The molecule has 0 fully saturated rings. The van der Waals surface area contributed by atoms with Crippen molar-refractivity contribution in [2.75, 3.05) is 11.9 Å². The van der Waals surface area contributed by atoms with E-state index < -0.39 is 0 Å². The normalized spacial score (nSPS) is 12.6. The van der Waals surface area contributed by atoms with Gasteiger partial charge in [-0.05, 0) is 13.3 Å². The Hall–Kier alpha value is -1.68. The van der Waals surface area contributed by atoms with Crippen LogP contribution < -0.4 is 5.32 Å². The lowest BCUT2D eigenvalue weighted by atomic mass is 10.1. The quantitative estimate of drug-likeness (QED) is 0.846. The maximum atomic E-state index is 9.20. The third-order valence-corrected chi connectivity index (χ3v) is 2.93. The molecule has 2 rings (SSSR count). The van der Waals surface area contributed by atoms with Crippen LogP contribution in [0, 0.1) is 6.92 Å². The molecule has 1 aromatic heterocycles. The van der Waals surface area contributed by atoms with Gasteiger partial charge in [-0.15, -0.1) is 5.10 Å². The summed E-state index contributed by atoms with van der Waals surface area (Å²) in [6.45, 7) is 4.07. The van der Waals surface area contributed by atoms with Crippen LogP contribution in [-0.2, 0) is 0 Å². The first-order valence-corrected chi connectivity index (χ1v) is 5.85. The van der Waals surface area contributed by atoms with Crippen LogP contribution in [0.2, 0.25) is 0 Å². The summed E-state index contributed by atoms with van der Waals surface area (Å²) in [5, 5.41) is 22.9. The topological polar surface area (TPSA) is 58.0 Å². The number of nitrogens with one attached hydrogen (secondary N) is 1. The van der Waals surface area contributed by atoms with Crippen molar-refractivity contribution in [1.82, 2.24) is 10.2 Å². The number of hydrogen-bond donors (Lipinski definition) is 2. The van der Waals surface area contributed by atoms with E-state index in [1.807, 2.05) is 38.1 Å². The summed E-state index contributed by atoms with van der Waals surface area (Å²) in [6, 6.07) is 8.04. The van der Waals surface area contributed by atoms with Crippen molar-refractivity contribution in [3.8, 4) is 0 Å². The zero-order valence-electron chi connectivity index (χ0n) is 10.1. The molecule has 0 aliphatic heterocycles. The van der Waals surface area contributed by atoms with E-state index in [9.17, 15) is 5.11 Å². The van der Waals surface area contributed by atoms with Gasteiger partial charge in [0.25, 0.3) is 0 Å². The smallest absolute Gasteiger partial charge is 0.156 e. The minimum absolute atomic E-state index is 0.0235. The minimum Gasteiger partial charge on any atom is -0.394 e. The highest BCUT2D eigenvalue weighted by Gasteiger charge is 2.10. The fourth-order valence-electron chi connectivity index (χ4n) is 1.81. The van der Waals surface area contributed by atoms with Crippen LogP contribution in [0.5, 0.6) is 0 Å². The number of benzene rings is 1. The number of aromatic nitrogens is 2. The number of aliphatic hydroxyl groups is 1. The largest absolute Gasteiger partial charge is 0.394 e. The van der Waals surface area contributed by atoms with Gasteiger partial charge in [0.15, 0.2) is 5.82 Å². The lowest BCUT2D eigenvalue weighted by molar-refractivity contribution is 0.271. The Bertz CT molecular complexity index is 509. The van der Waals surface area contributed by atoms with Crippen molar-refractivity contribution in [2.45, 2.75) is 26.3 Å². The second-order valence-corrected chi connectivity index (χ2v) is 4.11. The molecule has 0 radical (unpaired) electrons. The number of anilines is 1. The van der Waals surface area contributed by atoms with Crippen LogP contribution in [0.3, 0.4) is 0 Å². The van der Waals surface area contributed by atoms with Gasteiger partial charge in [0.1, 0.15) is 0 Å². The summed E-state index contributed by atoms with van der Waals surface area (Å²) >= 11 is 0.